The number of aryl methyl sites for hydroxylation is 2. The van der Waals surface area contributed by atoms with E-state index in [1.807, 2.05) is 13.8 Å². The number of nitrogens with zero attached hydrogens (tertiary/aromatic N) is 3. The van der Waals surface area contributed by atoms with Gasteiger partial charge in [-0.05, 0) is 50.9 Å². The van der Waals surface area contributed by atoms with E-state index in [-0.39, 0.29) is 24.0 Å². The summed E-state index contributed by atoms with van der Waals surface area (Å²) in [4.78, 5) is 11.2. The van der Waals surface area contributed by atoms with Gasteiger partial charge < -0.3 is 15.1 Å². The summed E-state index contributed by atoms with van der Waals surface area (Å²) >= 11 is 0. The van der Waals surface area contributed by atoms with Crippen LogP contribution in [0.15, 0.2) is 33.7 Å². The number of aromatic nitrogens is 1. The van der Waals surface area contributed by atoms with Gasteiger partial charge in [0, 0.05) is 20.1 Å². The Balaban J connectivity index is 0.00000300. The van der Waals surface area contributed by atoms with Crippen molar-refractivity contribution in [2.75, 3.05) is 20.1 Å². The minimum absolute atomic E-state index is 0. The number of guanidine groups is 1. The topological polar surface area (TPSA) is 65.7 Å². The average Bonchev–Trinajstić information content (AvgIpc) is 2.88. The van der Waals surface area contributed by atoms with E-state index in [1.54, 1.807) is 7.05 Å². The van der Waals surface area contributed by atoms with Gasteiger partial charge in [0.15, 0.2) is 5.96 Å². The Morgan fingerprint density at radius 1 is 1.00 bits per heavy atom. The van der Waals surface area contributed by atoms with E-state index in [2.05, 4.69) is 49.8 Å². The maximum Gasteiger partial charge on any atom is 0.214 e. The summed E-state index contributed by atoms with van der Waals surface area (Å²) in [5.74, 6) is 2.28. The standard InChI is InChI=1S/C22H33N5O.HI/c1-17-18(2)28-21(26-17)15-25-22(23-3)24-14-19-8-10-20(11-9-19)16-27-12-6-4-5-7-13-27;/h8-11H,4-7,12-16H2,1-3H3,(H2,23,24,25);1H. The lowest BCUT2D eigenvalue weighted by Gasteiger charge is -2.20. The van der Waals surface area contributed by atoms with E-state index in [0.29, 0.717) is 12.4 Å². The Labute approximate surface area is 191 Å². The number of oxazole rings is 1. The summed E-state index contributed by atoms with van der Waals surface area (Å²) in [7, 11) is 1.77. The highest BCUT2D eigenvalue weighted by Gasteiger charge is 2.10. The molecule has 2 heterocycles. The Bertz CT molecular complexity index is 745. The summed E-state index contributed by atoms with van der Waals surface area (Å²) in [6.07, 6.45) is 5.43. The Kier molecular flexibility index (Phi) is 9.93. The molecule has 0 unspecified atom stereocenters. The maximum absolute atomic E-state index is 5.59. The Morgan fingerprint density at radius 3 is 2.21 bits per heavy atom. The number of aliphatic imine (C=N–C) groups is 1. The van der Waals surface area contributed by atoms with Gasteiger partial charge in [0.05, 0.1) is 12.2 Å². The van der Waals surface area contributed by atoms with E-state index in [1.165, 1.54) is 49.9 Å². The SMILES string of the molecule is CN=C(NCc1ccc(CN2CCCCCC2)cc1)NCc1nc(C)c(C)o1.I. The van der Waals surface area contributed by atoms with Gasteiger partial charge in [0.25, 0.3) is 0 Å². The molecule has 2 aromatic rings. The number of halogens is 1. The Hall–Kier alpha value is -1.61. The van der Waals surface area contributed by atoms with Gasteiger partial charge in [-0.15, -0.1) is 24.0 Å². The first-order valence-electron chi connectivity index (χ1n) is 10.3. The van der Waals surface area contributed by atoms with Crippen LogP contribution in [0.5, 0.6) is 0 Å². The molecule has 2 N–H and O–H groups in total. The van der Waals surface area contributed by atoms with Gasteiger partial charge in [-0.25, -0.2) is 4.98 Å². The molecule has 1 aliphatic heterocycles. The summed E-state index contributed by atoms with van der Waals surface area (Å²) in [6, 6.07) is 8.90. The second-order valence-corrected chi connectivity index (χ2v) is 7.54. The first-order chi connectivity index (χ1) is 13.6. The second kappa shape index (κ2) is 12.2. The molecule has 7 heteroatoms. The molecule has 0 saturated carbocycles. The number of rotatable bonds is 6. The Morgan fingerprint density at radius 2 is 1.62 bits per heavy atom. The van der Waals surface area contributed by atoms with Crippen molar-refractivity contribution in [3.8, 4) is 0 Å². The fourth-order valence-corrected chi connectivity index (χ4v) is 3.50. The van der Waals surface area contributed by atoms with E-state index in [4.69, 9.17) is 4.42 Å². The van der Waals surface area contributed by atoms with E-state index >= 15 is 0 Å². The third-order valence-electron chi connectivity index (χ3n) is 5.29. The number of hydrogen-bond donors (Lipinski definition) is 2. The second-order valence-electron chi connectivity index (χ2n) is 7.54. The van der Waals surface area contributed by atoms with Gasteiger partial charge >= 0.3 is 0 Å². The van der Waals surface area contributed by atoms with E-state index in [9.17, 15) is 0 Å². The highest BCUT2D eigenvalue weighted by molar-refractivity contribution is 14.0. The first kappa shape index (κ1) is 23.7. The van der Waals surface area contributed by atoms with Crippen molar-refractivity contribution in [1.29, 1.82) is 0 Å². The number of hydrogen-bond acceptors (Lipinski definition) is 4. The van der Waals surface area contributed by atoms with Crippen molar-refractivity contribution in [1.82, 2.24) is 20.5 Å². The summed E-state index contributed by atoms with van der Waals surface area (Å²) in [5.41, 5.74) is 3.56. The van der Waals surface area contributed by atoms with Crippen LogP contribution >= 0.6 is 24.0 Å². The molecule has 1 fully saturated rings. The molecular formula is C22H34IN5O. The molecule has 0 radical (unpaired) electrons. The smallest absolute Gasteiger partial charge is 0.214 e. The molecular weight excluding hydrogens is 477 g/mol. The monoisotopic (exact) mass is 511 g/mol. The predicted octanol–water partition coefficient (Wildman–Crippen LogP) is 4.15. The van der Waals surface area contributed by atoms with Crippen LogP contribution < -0.4 is 10.6 Å². The zero-order valence-electron chi connectivity index (χ0n) is 17.8. The van der Waals surface area contributed by atoms with Crippen LogP contribution in [0.1, 0.15) is 54.2 Å². The summed E-state index contributed by atoms with van der Waals surface area (Å²) in [5, 5.41) is 6.59. The molecule has 3 rings (SSSR count). The van der Waals surface area contributed by atoms with Gasteiger partial charge in [0.1, 0.15) is 5.76 Å². The molecule has 0 amide bonds. The van der Waals surface area contributed by atoms with Crippen molar-refractivity contribution in [3.05, 3.63) is 52.7 Å². The maximum atomic E-state index is 5.59. The van der Waals surface area contributed by atoms with Crippen LogP contribution in [0.25, 0.3) is 0 Å². The zero-order chi connectivity index (χ0) is 19.8. The van der Waals surface area contributed by atoms with E-state index in [0.717, 1.165) is 30.5 Å². The fourth-order valence-electron chi connectivity index (χ4n) is 3.50. The molecule has 0 atom stereocenters. The molecule has 6 nitrogen and oxygen atoms in total. The van der Waals surface area contributed by atoms with Crippen LogP contribution in [0.3, 0.4) is 0 Å². The molecule has 1 aliphatic rings. The fraction of sp³-hybridized carbons (Fsp3) is 0.545. The highest BCUT2D eigenvalue weighted by atomic mass is 127. The lowest BCUT2D eigenvalue weighted by atomic mass is 10.1. The normalized spacial score (nSPS) is 15.5. The van der Waals surface area contributed by atoms with Crippen molar-refractivity contribution in [2.45, 2.75) is 59.2 Å². The molecule has 0 aliphatic carbocycles. The van der Waals surface area contributed by atoms with Gasteiger partial charge in [-0.3, -0.25) is 9.89 Å². The molecule has 0 spiro atoms. The lowest BCUT2D eigenvalue weighted by Crippen LogP contribution is -2.36. The molecule has 1 aromatic carbocycles. The molecule has 160 valence electrons. The van der Waals surface area contributed by atoms with Gasteiger partial charge in [-0.1, -0.05) is 37.1 Å². The molecule has 1 aromatic heterocycles. The highest BCUT2D eigenvalue weighted by Crippen LogP contribution is 2.14. The third kappa shape index (κ3) is 7.62. The van der Waals surface area contributed by atoms with Crippen molar-refractivity contribution >= 4 is 29.9 Å². The summed E-state index contributed by atoms with van der Waals surface area (Å²) in [6.45, 7) is 8.65. The number of likely N-dealkylation sites (tertiary alicyclic amines) is 1. The predicted molar refractivity (Wildman–Crippen MR) is 129 cm³/mol. The minimum Gasteiger partial charge on any atom is -0.444 e. The first-order valence-corrected chi connectivity index (χ1v) is 10.3. The molecule has 1 saturated heterocycles. The third-order valence-corrected chi connectivity index (χ3v) is 5.29. The minimum atomic E-state index is 0. The van der Waals surface area contributed by atoms with Crippen molar-refractivity contribution < 1.29 is 4.42 Å². The van der Waals surface area contributed by atoms with Crippen molar-refractivity contribution in [3.63, 3.8) is 0 Å². The summed E-state index contributed by atoms with van der Waals surface area (Å²) < 4.78 is 5.59. The van der Waals surface area contributed by atoms with Crippen LogP contribution in [-0.4, -0.2) is 36.0 Å². The number of benzene rings is 1. The van der Waals surface area contributed by atoms with Crippen molar-refractivity contribution in [2.24, 2.45) is 4.99 Å². The van der Waals surface area contributed by atoms with Crippen LogP contribution in [-0.2, 0) is 19.6 Å². The molecule has 29 heavy (non-hydrogen) atoms. The molecule has 0 bridgehead atoms. The largest absolute Gasteiger partial charge is 0.444 e. The number of nitrogens with one attached hydrogen (secondary N) is 2. The quantitative estimate of drug-likeness (QED) is 0.347. The van der Waals surface area contributed by atoms with Crippen LogP contribution in [0.2, 0.25) is 0 Å². The van der Waals surface area contributed by atoms with E-state index < -0.39 is 0 Å². The average molecular weight is 511 g/mol. The zero-order valence-corrected chi connectivity index (χ0v) is 20.2. The lowest BCUT2D eigenvalue weighted by molar-refractivity contribution is 0.277. The van der Waals surface area contributed by atoms with Gasteiger partial charge in [-0.2, -0.15) is 0 Å². The van der Waals surface area contributed by atoms with Gasteiger partial charge in [0.2, 0.25) is 5.89 Å². The van der Waals surface area contributed by atoms with Crippen LogP contribution in [0, 0.1) is 13.8 Å². The van der Waals surface area contributed by atoms with Crippen LogP contribution in [0.4, 0.5) is 0 Å².